The van der Waals surface area contributed by atoms with E-state index in [0.717, 1.165) is 31.6 Å². The zero-order valence-electron chi connectivity index (χ0n) is 10.8. The topological polar surface area (TPSA) is 47.7 Å². The Kier molecular flexibility index (Phi) is 2.92. The van der Waals surface area contributed by atoms with Gasteiger partial charge in [0.05, 0.1) is 19.8 Å². The number of piperidine rings is 1. The summed E-state index contributed by atoms with van der Waals surface area (Å²) in [6.07, 6.45) is 2.08. The first-order chi connectivity index (χ1) is 8.69. The Bertz CT molecular complexity index is 441. The van der Waals surface area contributed by atoms with E-state index in [1.807, 2.05) is 12.1 Å². The smallest absolute Gasteiger partial charge is 0.186 e. The number of nitrogens with zero attached hydrogens (tertiary/aromatic N) is 1. The molecule has 2 aliphatic rings. The molecule has 2 aliphatic heterocycles. The maximum atomic E-state index is 5.89. The number of nitrogens with two attached hydrogens (primary N) is 1. The normalized spacial score (nSPS) is 22.6. The predicted molar refractivity (Wildman–Crippen MR) is 71.7 cm³/mol. The molecular formula is C14H20N2O2. The van der Waals surface area contributed by atoms with Crippen LogP contribution < -0.4 is 10.6 Å². The van der Waals surface area contributed by atoms with Crippen LogP contribution in [0.1, 0.15) is 18.4 Å². The second-order valence-corrected chi connectivity index (χ2v) is 5.18. The second kappa shape index (κ2) is 4.44. The summed E-state index contributed by atoms with van der Waals surface area (Å²) >= 11 is 0. The lowest BCUT2D eigenvalue weighted by Crippen LogP contribution is -2.49. The van der Waals surface area contributed by atoms with Gasteiger partial charge in [0.2, 0.25) is 0 Å². The van der Waals surface area contributed by atoms with Crippen molar-refractivity contribution >= 4 is 11.4 Å². The second-order valence-electron chi connectivity index (χ2n) is 5.18. The third-order valence-electron chi connectivity index (χ3n) is 3.80. The van der Waals surface area contributed by atoms with E-state index in [1.165, 1.54) is 11.3 Å². The number of rotatable bonds is 1. The first-order valence-electron chi connectivity index (χ1n) is 6.58. The van der Waals surface area contributed by atoms with Crippen molar-refractivity contribution in [3.05, 3.63) is 23.8 Å². The average molecular weight is 248 g/mol. The van der Waals surface area contributed by atoms with Gasteiger partial charge in [-0.3, -0.25) is 0 Å². The summed E-state index contributed by atoms with van der Waals surface area (Å²) in [7, 11) is 0. The highest BCUT2D eigenvalue weighted by molar-refractivity contribution is 5.61. The molecule has 1 spiro atoms. The van der Waals surface area contributed by atoms with Gasteiger partial charge in [-0.2, -0.15) is 0 Å². The molecule has 2 fully saturated rings. The van der Waals surface area contributed by atoms with Crippen LogP contribution in [0.5, 0.6) is 0 Å². The fourth-order valence-corrected chi connectivity index (χ4v) is 2.89. The fourth-order valence-electron chi connectivity index (χ4n) is 2.89. The molecule has 18 heavy (non-hydrogen) atoms. The van der Waals surface area contributed by atoms with Crippen molar-refractivity contribution in [2.45, 2.75) is 25.6 Å². The summed E-state index contributed by atoms with van der Waals surface area (Å²) in [5.41, 5.74) is 9.15. The Morgan fingerprint density at radius 3 is 2.83 bits per heavy atom. The van der Waals surface area contributed by atoms with Crippen LogP contribution in [-0.2, 0) is 9.47 Å². The zero-order valence-corrected chi connectivity index (χ0v) is 10.8. The van der Waals surface area contributed by atoms with Crippen LogP contribution >= 0.6 is 0 Å². The Morgan fingerprint density at radius 1 is 1.28 bits per heavy atom. The summed E-state index contributed by atoms with van der Waals surface area (Å²) < 4.78 is 11.6. The third-order valence-corrected chi connectivity index (χ3v) is 3.80. The minimum absolute atomic E-state index is 0.380. The number of anilines is 2. The van der Waals surface area contributed by atoms with E-state index in [2.05, 4.69) is 17.9 Å². The Balaban J connectivity index is 1.85. The van der Waals surface area contributed by atoms with E-state index >= 15 is 0 Å². The van der Waals surface area contributed by atoms with Gasteiger partial charge in [-0.25, -0.2) is 0 Å². The monoisotopic (exact) mass is 248 g/mol. The van der Waals surface area contributed by atoms with E-state index in [-0.39, 0.29) is 5.79 Å². The number of hydrogen-bond acceptors (Lipinski definition) is 4. The SMILES string of the molecule is Cc1ccc(N)cc1N1CCCC2(C1)OCCO2. The van der Waals surface area contributed by atoms with Crippen molar-refractivity contribution in [1.29, 1.82) is 0 Å². The molecule has 0 amide bonds. The van der Waals surface area contributed by atoms with Gasteiger partial charge >= 0.3 is 0 Å². The Labute approximate surface area is 108 Å². The molecule has 0 aliphatic carbocycles. The maximum Gasteiger partial charge on any atom is 0.186 e. The molecule has 4 nitrogen and oxygen atoms in total. The van der Waals surface area contributed by atoms with Gasteiger partial charge in [0.1, 0.15) is 0 Å². The molecule has 1 aromatic carbocycles. The summed E-state index contributed by atoms with van der Waals surface area (Å²) in [6.45, 7) is 5.38. The predicted octanol–water partition coefficient (Wildman–Crippen LogP) is 1.92. The number of benzene rings is 1. The van der Waals surface area contributed by atoms with Gasteiger partial charge in [0, 0.05) is 24.3 Å². The summed E-state index contributed by atoms with van der Waals surface area (Å²) in [5, 5.41) is 0. The maximum absolute atomic E-state index is 5.89. The molecule has 0 radical (unpaired) electrons. The van der Waals surface area contributed by atoms with Crippen LogP contribution in [0.2, 0.25) is 0 Å². The van der Waals surface area contributed by atoms with Crippen LogP contribution in [0.15, 0.2) is 18.2 Å². The molecule has 98 valence electrons. The van der Waals surface area contributed by atoms with Crippen molar-refractivity contribution in [2.24, 2.45) is 0 Å². The van der Waals surface area contributed by atoms with E-state index in [1.54, 1.807) is 0 Å². The van der Waals surface area contributed by atoms with Gasteiger partial charge in [0.25, 0.3) is 0 Å². The van der Waals surface area contributed by atoms with Gasteiger partial charge < -0.3 is 20.1 Å². The van der Waals surface area contributed by atoms with E-state index in [4.69, 9.17) is 15.2 Å². The number of nitrogen functional groups attached to an aromatic ring is 1. The van der Waals surface area contributed by atoms with Gasteiger partial charge in [-0.1, -0.05) is 6.07 Å². The highest BCUT2D eigenvalue weighted by Gasteiger charge is 2.41. The Hall–Kier alpha value is -1.26. The lowest BCUT2D eigenvalue weighted by Gasteiger charge is -2.40. The third kappa shape index (κ3) is 2.06. The van der Waals surface area contributed by atoms with E-state index < -0.39 is 0 Å². The van der Waals surface area contributed by atoms with Crippen LogP contribution in [0.25, 0.3) is 0 Å². The molecule has 0 bridgehead atoms. The standard InChI is InChI=1S/C14H20N2O2/c1-11-3-4-12(15)9-13(11)16-6-2-5-14(10-16)17-7-8-18-14/h3-4,9H,2,5-8,10,15H2,1H3. The molecule has 1 aromatic rings. The molecule has 2 heterocycles. The molecule has 2 N–H and O–H groups in total. The summed E-state index contributed by atoms with van der Waals surface area (Å²) in [4.78, 5) is 2.33. The molecule has 2 saturated heterocycles. The minimum Gasteiger partial charge on any atom is -0.399 e. The van der Waals surface area contributed by atoms with Crippen LogP contribution in [0, 0.1) is 6.92 Å². The summed E-state index contributed by atoms with van der Waals surface area (Å²) in [5.74, 6) is -0.380. The number of ether oxygens (including phenoxy) is 2. The highest BCUT2D eigenvalue weighted by Crippen LogP contribution is 2.34. The van der Waals surface area contributed by atoms with Crippen LogP contribution in [0.4, 0.5) is 11.4 Å². The van der Waals surface area contributed by atoms with Crippen LogP contribution in [-0.4, -0.2) is 32.1 Å². The molecule has 0 atom stereocenters. The lowest BCUT2D eigenvalue weighted by atomic mass is 10.0. The largest absolute Gasteiger partial charge is 0.399 e. The molecular weight excluding hydrogens is 228 g/mol. The minimum atomic E-state index is -0.380. The van der Waals surface area contributed by atoms with Crippen molar-refractivity contribution < 1.29 is 9.47 Å². The van der Waals surface area contributed by atoms with E-state index in [9.17, 15) is 0 Å². The quantitative estimate of drug-likeness (QED) is 0.771. The molecule has 0 saturated carbocycles. The summed E-state index contributed by atoms with van der Waals surface area (Å²) in [6, 6.07) is 6.06. The van der Waals surface area contributed by atoms with Crippen molar-refractivity contribution in [3.8, 4) is 0 Å². The van der Waals surface area contributed by atoms with Crippen LogP contribution in [0.3, 0.4) is 0 Å². The zero-order chi connectivity index (χ0) is 12.6. The highest BCUT2D eigenvalue weighted by atomic mass is 16.7. The van der Waals surface area contributed by atoms with Crippen molar-refractivity contribution in [3.63, 3.8) is 0 Å². The first-order valence-corrected chi connectivity index (χ1v) is 6.58. The van der Waals surface area contributed by atoms with E-state index in [0.29, 0.717) is 13.2 Å². The average Bonchev–Trinajstić information content (AvgIpc) is 2.80. The molecule has 0 unspecified atom stereocenters. The molecule has 0 aromatic heterocycles. The fraction of sp³-hybridized carbons (Fsp3) is 0.571. The Morgan fingerprint density at radius 2 is 2.06 bits per heavy atom. The first kappa shape index (κ1) is 11.8. The number of hydrogen-bond donors (Lipinski definition) is 1. The lowest BCUT2D eigenvalue weighted by molar-refractivity contribution is -0.161. The molecule has 4 heteroatoms. The van der Waals surface area contributed by atoms with Crippen molar-refractivity contribution in [1.82, 2.24) is 0 Å². The molecule has 3 rings (SSSR count). The van der Waals surface area contributed by atoms with Gasteiger partial charge in [-0.05, 0) is 31.0 Å². The van der Waals surface area contributed by atoms with Crippen molar-refractivity contribution in [2.75, 3.05) is 36.9 Å². The van der Waals surface area contributed by atoms with Gasteiger partial charge in [-0.15, -0.1) is 0 Å². The van der Waals surface area contributed by atoms with Gasteiger partial charge in [0.15, 0.2) is 5.79 Å². The number of aryl methyl sites for hydroxylation is 1.